The minimum Gasteiger partial charge on any atom is -0.398 e. The zero-order chi connectivity index (χ0) is 12.8. The van der Waals surface area contributed by atoms with Crippen LogP contribution in [0.25, 0.3) is 0 Å². The smallest absolute Gasteiger partial charge is 0.273 e. The molecule has 0 aliphatic heterocycles. The lowest BCUT2D eigenvalue weighted by atomic mass is 10.2. The average molecular weight is 238 g/mol. The molecule has 0 unspecified atom stereocenters. The second-order valence-corrected chi connectivity index (χ2v) is 3.89. The van der Waals surface area contributed by atoms with Gasteiger partial charge in [-0.05, 0) is 19.7 Å². The number of hydrogen-bond acceptors (Lipinski definition) is 5. The van der Waals surface area contributed by atoms with Crippen LogP contribution in [0, 0.1) is 10.1 Å². The number of nitro groups is 1. The largest absolute Gasteiger partial charge is 0.398 e. The van der Waals surface area contributed by atoms with E-state index in [2.05, 4.69) is 17.1 Å². The van der Waals surface area contributed by atoms with Gasteiger partial charge in [0, 0.05) is 36.6 Å². The summed E-state index contributed by atoms with van der Waals surface area (Å²) in [5, 5.41) is 13.8. The van der Waals surface area contributed by atoms with E-state index < -0.39 is 4.92 Å². The van der Waals surface area contributed by atoms with Crippen LogP contribution in [-0.4, -0.2) is 36.5 Å². The molecular formula is C11H18N4O2. The first-order valence-electron chi connectivity index (χ1n) is 5.50. The third kappa shape index (κ3) is 4.28. The third-order valence-electron chi connectivity index (χ3n) is 2.51. The lowest BCUT2D eigenvalue weighted by Gasteiger charge is -2.14. The number of nitrogens with zero attached hydrogens (tertiary/aromatic N) is 2. The lowest BCUT2D eigenvalue weighted by molar-refractivity contribution is -0.384. The van der Waals surface area contributed by atoms with E-state index in [1.165, 1.54) is 12.1 Å². The molecule has 94 valence electrons. The highest BCUT2D eigenvalue weighted by molar-refractivity contribution is 5.61. The van der Waals surface area contributed by atoms with Gasteiger partial charge in [-0.15, -0.1) is 0 Å². The zero-order valence-electron chi connectivity index (χ0n) is 10.1. The number of likely N-dealkylation sites (N-methyl/N-ethyl adjacent to an activating group) is 1. The van der Waals surface area contributed by atoms with Gasteiger partial charge in [0.2, 0.25) is 0 Å². The van der Waals surface area contributed by atoms with Crippen molar-refractivity contribution in [3.63, 3.8) is 0 Å². The predicted molar refractivity (Wildman–Crippen MR) is 69.2 cm³/mol. The van der Waals surface area contributed by atoms with Crippen LogP contribution in [0.4, 0.5) is 17.1 Å². The SMILES string of the molecule is CCN(C)CCNc1cc(N)cc([N+](=O)[O-])c1. The molecule has 6 nitrogen and oxygen atoms in total. The maximum absolute atomic E-state index is 10.6. The fourth-order valence-electron chi connectivity index (χ4n) is 1.39. The summed E-state index contributed by atoms with van der Waals surface area (Å²) >= 11 is 0. The zero-order valence-corrected chi connectivity index (χ0v) is 10.1. The molecule has 0 amide bonds. The predicted octanol–water partition coefficient (Wildman–Crippen LogP) is 1.54. The van der Waals surface area contributed by atoms with E-state index >= 15 is 0 Å². The van der Waals surface area contributed by atoms with E-state index in [1.54, 1.807) is 6.07 Å². The average Bonchev–Trinajstić information content (AvgIpc) is 2.28. The Morgan fingerprint density at radius 2 is 2.18 bits per heavy atom. The topological polar surface area (TPSA) is 84.4 Å². The minimum atomic E-state index is -0.445. The van der Waals surface area contributed by atoms with Crippen molar-refractivity contribution in [2.24, 2.45) is 0 Å². The van der Waals surface area contributed by atoms with Crippen LogP contribution in [0.3, 0.4) is 0 Å². The van der Waals surface area contributed by atoms with Gasteiger partial charge >= 0.3 is 0 Å². The first kappa shape index (κ1) is 13.2. The van der Waals surface area contributed by atoms with Gasteiger partial charge in [-0.3, -0.25) is 10.1 Å². The molecule has 0 radical (unpaired) electrons. The molecule has 0 aliphatic rings. The van der Waals surface area contributed by atoms with Crippen LogP contribution >= 0.6 is 0 Å². The maximum atomic E-state index is 10.6. The van der Waals surface area contributed by atoms with Crippen molar-refractivity contribution in [1.29, 1.82) is 0 Å². The second-order valence-electron chi connectivity index (χ2n) is 3.89. The lowest BCUT2D eigenvalue weighted by Crippen LogP contribution is -2.24. The molecule has 6 heteroatoms. The van der Waals surface area contributed by atoms with Gasteiger partial charge in [0.1, 0.15) is 0 Å². The highest BCUT2D eigenvalue weighted by atomic mass is 16.6. The molecule has 17 heavy (non-hydrogen) atoms. The molecule has 0 saturated carbocycles. The molecule has 0 aliphatic carbocycles. The van der Waals surface area contributed by atoms with E-state index in [4.69, 9.17) is 5.73 Å². The van der Waals surface area contributed by atoms with Gasteiger partial charge in [-0.1, -0.05) is 6.92 Å². The van der Waals surface area contributed by atoms with Gasteiger partial charge in [0.25, 0.3) is 5.69 Å². The Bertz CT molecular complexity index is 395. The van der Waals surface area contributed by atoms with E-state index in [1.807, 2.05) is 7.05 Å². The summed E-state index contributed by atoms with van der Waals surface area (Å²) in [5.74, 6) is 0. The normalized spacial score (nSPS) is 10.5. The highest BCUT2D eigenvalue weighted by Crippen LogP contribution is 2.21. The molecule has 1 rings (SSSR count). The number of non-ortho nitro benzene ring substituents is 1. The molecule has 1 aromatic carbocycles. The van der Waals surface area contributed by atoms with Gasteiger partial charge in [0.15, 0.2) is 0 Å². The Morgan fingerprint density at radius 3 is 2.76 bits per heavy atom. The van der Waals surface area contributed by atoms with Gasteiger partial charge < -0.3 is 16.0 Å². The molecule has 0 aromatic heterocycles. The Balaban J connectivity index is 2.62. The van der Waals surface area contributed by atoms with E-state index in [0.717, 1.165) is 19.6 Å². The summed E-state index contributed by atoms with van der Waals surface area (Å²) in [4.78, 5) is 12.3. The molecule has 1 aromatic rings. The Hall–Kier alpha value is -1.82. The second kappa shape index (κ2) is 6.05. The summed E-state index contributed by atoms with van der Waals surface area (Å²) in [6, 6.07) is 4.53. The summed E-state index contributed by atoms with van der Waals surface area (Å²) in [6.45, 7) is 4.65. The van der Waals surface area contributed by atoms with Crippen molar-refractivity contribution in [3.8, 4) is 0 Å². The van der Waals surface area contributed by atoms with Gasteiger partial charge in [-0.25, -0.2) is 0 Å². The molecule has 0 bridgehead atoms. The third-order valence-corrected chi connectivity index (χ3v) is 2.51. The fourth-order valence-corrected chi connectivity index (χ4v) is 1.39. The number of hydrogen-bond donors (Lipinski definition) is 2. The van der Waals surface area contributed by atoms with Gasteiger partial charge in [-0.2, -0.15) is 0 Å². The number of nitrogen functional groups attached to an aromatic ring is 1. The molecule has 0 fully saturated rings. The monoisotopic (exact) mass is 238 g/mol. The summed E-state index contributed by atoms with van der Waals surface area (Å²) < 4.78 is 0. The van der Waals surface area contributed by atoms with Crippen LogP contribution in [0.15, 0.2) is 18.2 Å². The van der Waals surface area contributed by atoms with Crippen molar-refractivity contribution in [3.05, 3.63) is 28.3 Å². The number of nitrogens with one attached hydrogen (secondary N) is 1. The van der Waals surface area contributed by atoms with Crippen molar-refractivity contribution in [1.82, 2.24) is 4.90 Å². The van der Waals surface area contributed by atoms with E-state index in [9.17, 15) is 10.1 Å². The molecule has 0 heterocycles. The maximum Gasteiger partial charge on any atom is 0.273 e. The quantitative estimate of drug-likeness (QED) is 0.446. The first-order chi connectivity index (χ1) is 8.02. The minimum absolute atomic E-state index is 0.0105. The molecule has 0 atom stereocenters. The number of nitro benzene ring substituents is 1. The number of benzene rings is 1. The summed E-state index contributed by atoms with van der Waals surface area (Å²) in [7, 11) is 2.02. The van der Waals surface area contributed by atoms with Crippen molar-refractivity contribution in [2.75, 3.05) is 37.7 Å². The number of anilines is 2. The molecular weight excluding hydrogens is 220 g/mol. The van der Waals surface area contributed by atoms with Crippen molar-refractivity contribution >= 4 is 17.1 Å². The van der Waals surface area contributed by atoms with Crippen LogP contribution in [0.1, 0.15) is 6.92 Å². The van der Waals surface area contributed by atoms with Crippen LogP contribution < -0.4 is 11.1 Å². The Labute approximate surface area is 101 Å². The summed E-state index contributed by atoms with van der Waals surface area (Å²) in [6.07, 6.45) is 0. The van der Waals surface area contributed by atoms with Crippen molar-refractivity contribution in [2.45, 2.75) is 6.92 Å². The summed E-state index contributed by atoms with van der Waals surface area (Å²) in [5.41, 5.74) is 6.69. The Morgan fingerprint density at radius 1 is 1.47 bits per heavy atom. The molecule has 0 saturated heterocycles. The number of rotatable bonds is 6. The highest BCUT2D eigenvalue weighted by Gasteiger charge is 2.08. The fraction of sp³-hybridized carbons (Fsp3) is 0.455. The standard InChI is InChI=1S/C11H18N4O2/c1-3-14(2)5-4-13-10-6-9(12)7-11(8-10)15(16)17/h6-8,13H,3-5,12H2,1-2H3. The van der Waals surface area contributed by atoms with Crippen LogP contribution in [0.5, 0.6) is 0 Å². The Kier molecular flexibility index (Phi) is 4.71. The van der Waals surface area contributed by atoms with E-state index in [0.29, 0.717) is 11.4 Å². The van der Waals surface area contributed by atoms with Gasteiger partial charge in [0.05, 0.1) is 4.92 Å². The van der Waals surface area contributed by atoms with E-state index in [-0.39, 0.29) is 5.69 Å². The first-order valence-corrected chi connectivity index (χ1v) is 5.50. The molecule has 0 spiro atoms. The van der Waals surface area contributed by atoms with Crippen molar-refractivity contribution < 1.29 is 4.92 Å². The van der Waals surface area contributed by atoms with Crippen LogP contribution in [0.2, 0.25) is 0 Å². The molecule has 3 N–H and O–H groups in total. The van der Waals surface area contributed by atoms with Crippen LogP contribution in [-0.2, 0) is 0 Å². The number of nitrogens with two attached hydrogens (primary N) is 1.